The van der Waals surface area contributed by atoms with Crippen LogP contribution in [0.3, 0.4) is 0 Å². The van der Waals surface area contributed by atoms with Crippen molar-refractivity contribution in [1.29, 1.82) is 0 Å². The summed E-state index contributed by atoms with van der Waals surface area (Å²) in [6.45, 7) is 1.26. The molecule has 0 radical (unpaired) electrons. The number of halogens is 1. The Hall–Kier alpha value is -1.20. The third-order valence-corrected chi connectivity index (χ3v) is 3.01. The zero-order valence-electron chi connectivity index (χ0n) is 8.92. The molecule has 5 heteroatoms. The number of hydrogen-bond donors (Lipinski definition) is 2. The maximum Gasteiger partial charge on any atom is 0.129 e. The molecule has 4 nitrogen and oxygen atoms in total. The third kappa shape index (κ3) is 2.68. The molecule has 0 saturated carbocycles. The number of rotatable bonds is 4. The van der Waals surface area contributed by atoms with E-state index < -0.39 is 0 Å². The standard InChI is InChI=1S/C11H13BrN2O2/c1-15-9-3-2-8(11(12)4-9)7-16-10-5-13-14-6-10/h2-5,13-14H,6-7H2,1H3. The molecule has 16 heavy (non-hydrogen) atoms. The highest BCUT2D eigenvalue weighted by atomic mass is 79.9. The lowest BCUT2D eigenvalue weighted by Crippen LogP contribution is -2.20. The van der Waals surface area contributed by atoms with Crippen LogP contribution in [0.5, 0.6) is 5.75 Å². The molecule has 2 N–H and O–H groups in total. The lowest BCUT2D eigenvalue weighted by molar-refractivity contribution is 0.196. The number of ether oxygens (including phenoxy) is 2. The average Bonchev–Trinajstić information content (AvgIpc) is 2.80. The summed E-state index contributed by atoms with van der Waals surface area (Å²) in [7, 11) is 1.65. The highest BCUT2D eigenvalue weighted by Crippen LogP contribution is 2.24. The summed E-state index contributed by atoms with van der Waals surface area (Å²) in [4.78, 5) is 0. The van der Waals surface area contributed by atoms with Gasteiger partial charge in [-0.15, -0.1) is 0 Å². The summed E-state index contributed by atoms with van der Waals surface area (Å²) in [5, 5.41) is 0. The molecule has 0 amide bonds. The van der Waals surface area contributed by atoms with E-state index in [2.05, 4.69) is 26.8 Å². The fraction of sp³-hybridized carbons (Fsp3) is 0.273. The molecular weight excluding hydrogens is 272 g/mol. The van der Waals surface area contributed by atoms with Gasteiger partial charge in [-0.3, -0.25) is 0 Å². The van der Waals surface area contributed by atoms with Gasteiger partial charge in [0.1, 0.15) is 18.1 Å². The Morgan fingerprint density at radius 2 is 2.31 bits per heavy atom. The van der Waals surface area contributed by atoms with Crippen molar-refractivity contribution < 1.29 is 9.47 Å². The van der Waals surface area contributed by atoms with E-state index in [-0.39, 0.29) is 0 Å². The summed E-state index contributed by atoms with van der Waals surface area (Å²) in [6, 6.07) is 5.83. The fourth-order valence-corrected chi connectivity index (χ4v) is 1.83. The lowest BCUT2D eigenvalue weighted by atomic mass is 10.2. The molecule has 0 fully saturated rings. The van der Waals surface area contributed by atoms with Crippen LogP contribution in [-0.4, -0.2) is 13.7 Å². The first-order valence-electron chi connectivity index (χ1n) is 4.92. The second-order valence-electron chi connectivity index (χ2n) is 3.35. The molecule has 0 bridgehead atoms. The van der Waals surface area contributed by atoms with Gasteiger partial charge < -0.3 is 14.9 Å². The van der Waals surface area contributed by atoms with Crippen molar-refractivity contribution in [2.75, 3.05) is 13.7 Å². The Morgan fingerprint density at radius 3 is 2.94 bits per heavy atom. The van der Waals surface area contributed by atoms with Crippen LogP contribution in [0.1, 0.15) is 5.56 Å². The number of benzene rings is 1. The average molecular weight is 285 g/mol. The molecule has 0 saturated heterocycles. The normalized spacial score (nSPS) is 14.2. The first-order chi connectivity index (χ1) is 7.79. The Bertz CT molecular complexity index is 407. The van der Waals surface area contributed by atoms with Crippen molar-refractivity contribution in [1.82, 2.24) is 10.9 Å². The van der Waals surface area contributed by atoms with Gasteiger partial charge >= 0.3 is 0 Å². The van der Waals surface area contributed by atoms with Crippen LogP contribution in [0, 0.1) is 0 Å². The number of methoxy groups -OCH3 is 1. The molecule has 1 aromatic carbocycles. The highest BCUT2D eigenvalue weighted by molar-refractivity contribution is 9.10. The quantitative estimate of drug-likeness (QED) is 0.887. The topological polar surface area (TPSA) is 42.5 Å². The molecule has 1 aliphatic rings. The molecule has 86 valence electrons. The predicted octanol–water partition coefficient (Wildman–Crippen LogP) is 1.92. The van der Waals surface area contributed by atoms with Gasteiger partial charge in [-0.25, -0.2) is 5.43 Å². The molecule has 1 aromatic rings. The molecule has 1 aliphatic heterocycles. The zero-order chi connectivity index (χ0) is 11.4. The van der Waals surface area contributed by atoms with Gasteiger partial charge in [0.25, 0.3) is 0 Å². The van der Waals surface area contributed by atoms with Gasteiger partial charge in [0.2, 0.25) is 0 Å². The van der Waals surface area contributed by atoms with Crippen molar-refractivity contribution in [3.05, 3.63) is 40.2 Å². The predicted molar refractivity (Wildman–Crippen MR) is 64.7 cm³/mol. The van der Waals surface area contributed by atoms with Crippen LogP contribution in [0.25, 0.3) is 0 Å². The van der Waals surface area contributed by atoms with Crippen LogP contribution in [-0.2, 0) is 11.3 Å². The van der Waals surface area contributed by atoms with Crippen LogP contribution in [0.2, 0.25) is 0 Å². The second kappa shape index (κ2) is 5.23. The molecule has 1 heterocycles. The molecule has 0 unspecified atom stereocenters. The second-order valence-corrected chi connectivity index (χ2v) is 4.21. The molecule has 0 aromatic heterocycles. The van der Waals surface area contributed by atoms with Crippen molar-refractivity contribution >= 4 is 15.9 Å². The number of hydrazine groups is 1. The van der Waals surface area contributed by atoms with Gasteiger partial charge in [0, 0.05) is 10.0 Å². The van der Waals surface area contributed by atoms with Crippen molar-refractivity contribution in [2.45, 2.75) is 6.61 Å². The summed E-state index contributed by atoms with van der Waals surface area (Å²) in [5.74, 6) is 1.74. The van der Waals surface area contributed by atoms with E-state index in [1.165, 1.54) is 0 Å². The van der Waals surface area contributed by atoms with Crippen LogP contribution in [0.15, 0.2) is 34.6 Å². The Kier molecular flexibility index (Phi) is 3.69. The summed E-state index contributed by atoms with van der Waals surface area (Å²) in [6.07, 6.45) is 1.82. The van der Waals surface area contributed by atoms with Gasteiger partial charge in [-0.1, -0.05) is 22.0 Å². The minimum absolute atomic E-state index is 0.541. The minimum atomic E-state index is 0.541. The Labute approximate surface area is 103 Å². The first kappa shape index (κ1) is 11.3. The van der Waals surface area contributed by atoms with Gasteiger partial charge in [-0.05, 0) is 12.1 Å². The van der Waals surface area contributed by atoms with E-state index in [9.17, 15) is 0 Å². The first-order valence-corrected chi connectivity index (χ1v) is 5.71. The Balaban J connectivity index is 1.98. The maximum atomic E-state index is 5.61. The van der Waals surface area contributed by atoms with Crippen LogP contribution >= 0.6 is 15.9 Å². The number of nitrogens with one attached hydrogen (secondary N) is 2. The summed E-state index contributed by atoms with van der Waals surface area (Å²) >= 11 is 3.49. The third-order valence-electron chi connectivity index (χ3n) is 2.27. The van der Waals surface area contributed by atoms with E-state index in [0.29, 0.717) is 13.2 Å². The molecule has 0 aliphatic carbocycles. The SMILES string of the molecule is COc1ccc(COC2=CNNC2)c(Br)c1. The number of hydrogen-bond acceptors (Lipinski definition) is 4. The fourth-order valence-electron chi connectivity index (χ4n) is 1.36. The van der Waals surface area contributed by atoms with Crippen molar-refractivity contribution in [3.63, 3.8) is 0 Å². The van der Waals surface area contributed by atoms with Crippen molar-refractivity contribution in [2.24, 2.45) is 0 Å². The van der Waals surface area contributed by atoms with E-state index in [4.69, 9.17) is 9.47 Å². The molecule has 0 atom stereocenters. The minimum Gasteiger partial charge on any atom is -0.497 e. The van der Waals surface area contributed by atoms with Crippen LogP contribution < -0.4 is 15.6 Å². The summed E-state index contributed by atoms with van der Waals surface area (Å²) < 4.78 is 11.7. The maximum absolute atomic E-state index is 5.61. The molecule has 0 spiro atoms. The lowest BCUT2D eigenvalue weighted by Gasteiger charge is -2.09. The van der Waals surface area contributed by atoms with Gasteiger partial charge in [0.05, 0.1) is 19.9 Å². The summed E-state index contributed by atoms with van der Waals surface area (Å²) in [5.41, 5.74) is 6.91. The van der Waals surface area contributed by atoms with E-state index >= 15 is 0 Å². The van der Waals surface area contributed by atoms with Crippen LogP contribution in [0.4, 0.5) is 0 Å². The van der Waals surface area contributed by atoms with Gasteiger partial charge in [-0.2, -0.15) is 0 Å². The Morgan fingerprint density at radius 1 is 1.44 bits per heavy atom. The smallest absolute Gasteiger partial charge is 0.129 e. The largest absolute Gasteiger partial charge is 0.497 e. The van der Waals surface area contributed by atoms with E-state index in [1.54, 1.807) is 7.11 Å². The van der Waals surface area contributed by atoms with E-state index in [1.807, 2.05) is 24.4 Å². The van der Waals surface area contributed by atoms with E-state index in [0.717, 1.165) is 21.5 Å². The molecular formula is C11H13BrN2O2. The van der Waals surface area contributed by atoms with Crippen molar-refractivity contribution in [3.8, 4) is 5.75 Å². The van der Waals surface area contributed by atoms with Gasteiger partial charge in [0.15, 0.2) is 0 Å². The zero-order valence-corrected chi connectivity index (χ0v) is 10.5. The monoisotopic (exact) mass is 284 g/mol. The highest BCUT2D eigenvalue weighted by Gasteiger charge is 2.06. The molecule has 2 rings (SSSR count).